The second-order valence-electron chi connectivity index (χ2n) is 6.72. The summed E-state index contributed by atoms with van der Waals surface area (Å²) in [5, 5.41) is 9.61. The normalized spacial score (nSPS) is 20.0. The van der Waals surface area contributed by atoms with Gasteiger partial charge in [-0.25, -0.2) is 0 Å². The maximum absolute atomic E-state index is 12.3. The van der Waals surface area contributed by atoms with Crippen molar-refractivity contribution in [2.24, 2.45) is 11.8 Å². The molecule has 0 saturated carbocycles. The van der Waals surface area contributed by atoms with Crippen LogP contribution in [0.15, 0.2) is 24.3 Å². The van der Waals surface area contributed by atoms with Gasteiger partial charge in [0.2, 0.25) is 5.91 Å². The monoisotopic (exact) mass is 289 g/mol. The van der Waals surface area contributed by atoms with Crippen molar-refractivity contribution in [3.05, 3.63) is 35.4 Å². The van der Waals surface area contributed by atoms with Crippen LogP contribution in [0.3, 0.4) is 0 Å². The molecule has 2 rings (SSSR count). The maximum atomic E-state index is 12.3. The zero-order valence-corrected chi connectivity index (χ0v) is 13.4. The third kappa shape index (κ3) is 4.57. The largest absolute Gasteiger partial charge is 0.393 e. The van der Waals surface area contributed by atoms with Crippen LogP contribution in [0.1, 0.15) is 38.3 Å². The molecule has 0 spiro atoms. The second kappa shape index (κ2) is 7.08. The molecule has 0 aromatic heterocycles. The molecule has 1 saturated heterocycles. The van der Waals surface area contributed by atoms with Crippen LogP contribution in [0.5, 0.6) is 0 Å². The van der Waals surface area contributed by atoms with Crippen LogP contribution in [-0.4, -0.2) is 35.1 Å². The van der Waals surface area contributed by atoms with Crippen LogP contribution in [0.2, 0.25) is 0 Å². The van der Waals surface area contributed by atoms with E-state index in [-0.39, 0.29) is 17.9 Å². The van der Waals surface area contributed by atoms with Crippen LogP contribution in [0.4, 0.5) is 0 Å². The minimum atomic E-state index is -0.321. The van der Waals surface area contributed by atoms with Gasteiger partial charge in [0.25, 0.3) is 0 Å². The molecule has 1 aliphatic rings. The first-order valence-corrected chi connectivity index (χ1v) is 7.99. The number of aliphatic hydroxyl groups excluding tert-OH is 1. The van der Waals surface area contributed by atoms with Crippen LogP contribution in [0, 0.1) is 11.8 Å². The predicted octanol–water partition coefficient (Wildman–Crippen LogP) is 2.66. The van der Waals surface area contributed by atoms with Gasteiger partial charge in [0.1, 0.15) is 0 Å². The number of rotatable bonds is 5. The Morgan fingerprint density at radius 2 is 1.86 bits per heavy atom. The number of amides is 1. The van der Waals surface area contributed by atoms with E-state index in [0.29, 0.717) is 18.9 Å². The van der Waals surface area contributed by atoms with Gasteiger partial charge < -0.3 is 10.0 Å². The van der Waals surface area contributed by atoms with Crippen LogP contribution in [0.25, 0.3) is 0 Å². The second-order valence-corrected chi connectivity index (χ2v) is 6.72. The highest BCUT2D eigenvalue weighted by molar-refractivity contribution is 5.79. The van der Waals surface area contributed by atoms with Crippen molar-refractivity contribution in [1.29, 1.82) is 0 Å². The number of hydrogen-bond acceptors (Lipinski definition) is 2. The van der Waals surface area contributed by atoms with Gasteiger partial charge in [-0.05, 0) is 36.8 Å². The summed E-state index contributed by atoms with van der Waals surface area (Å²) in [5.74, 6) is 1.07. The quantitative estimate of drug-likeness (QED) is 0.905. The Kier molecular flexibility index (Phi) is 5.40. The van der Waals surface area contributed by atoms with Gasteiger partial charge in [-0.2, -0.15) is 0 Å². The van der Waals surface area contributed by atoms with Crippen molar-refractivity contribution in [3.8, 4) is 0 Å². The molecule has 1 fully saturated rings. The van der Waals surface area contributed by atoms with E-state index in [1.54, 1.807) is 0 Å². The predicted molar refractivity (Wildman–Crippen MR) is 85.1 cm³/mol. The standard InChI is InChI=1S/C18H27NO2/c1-13(2)10-15-4-6-16(7-5-15)11-18(21)19-9-8-17(12-19)14(3)20/h4-7,13-14,17,20H,8-12H2,1-3H3. The summed E-state index contributed by atoms with van der Waals surface area (Å²) in [6.45, 7) is 7.71. The van der Waals surface area contributed by atoms with Gasteiger partial charge in [-0.1, -0.05) is 38.1 Å². The zero-order valence-electron chi connectivity index (χ0n) is 13.4. The van der Waals surface area contributed by atoms with Gasteiger partial charge in [0.05, 0.1) is 12.5 Å². The SMILES string of the molecule is CC(C)Cc1ccc(CC(=O)N2CCC(C(C)O)C2)cc1. The number of benzene rings is 1. The highest BCUT2D eigenvalue weighted by Crippen LogP contribution is 2.20. The number of hydrogen-bond donors (Lipinski definition) is 1. The minimum absolute atomic E-state index is 0.176. The molecular formula is C18H27NO2. The molecule has 1 heterocycles. The lowest BCUT2D eigenvalue weighted by Gasteiger charge is -2.18. The summed E-state index contributed by atoms with van der Waals surface area (Å²) in [7, 11) is 0. The Balaban J connectivity index is 1.88. The first kappa shape index (κ1) is 16.0. The lowest BCUT2D eigenvalue weighted by atomic mass is 10.0. The van der Waals surface area contributed by atoms with Crippen molar-refractivity contribution in [3.63, 3.8) is 0 Å². The molecule has 3 heteroatoms. The highest BCUT2D eigenvalue weighted by Gasteiger charge is 2.28. The summed E-state index contributed by atoms with van der Waals surface area (Å²) in [4.78, 5) is 14.2. The Hall–Kier alpha value is -1.35. The maximum Gasteiger partial charge on any atom is 0.227 e. The molecule has 1 aliphatic heterocycles. The molecule has 0 radical (unpaired) electrons. The van der Waals surface area contributed by atoms with Crippen molar-refractivity contribution in [1.82, 2.24) is 4.90 Å². The highest BCUT2D eigenvalue weighted by atomic mass is 16.3. The number of carbonyl (C=O) groups is 1. The Labute approximate surface area is 128 Å². The number of aliphatic hydroxyl groups is 1. The van der Waals surface area contributed by atoms with Gasteiger partial charge in [0.15, 0.2) is 0 Å². The average Bonchev–Trinajstić information content (AvgIpc) is 2.90. The van der Waals surface area contributed by atoms with E-state index in [1.807, 2.05) is 11.8 Å². The van der Waals surface area contributed by atoms with Crippen molar-refractivity contribution < 1.29 is 9.90 Å². The number of likely N-dealkylation sites (tertiary alicyclic amines) is 1. The molecule has 1 amide bonds. The summed E-state index contributed by atoms with van der Waals surface area (Å²) in [6.07, 6.45) is 2.14. The van der Waals surface area contributed by atoms with E-state index in [2.05, 4.69) is 38.1 Å². The number of carbonyl (C=O) groups excluding carboxylic acids is 1. The molecule has 0 aliphatic carbocycles. The fraction of sp³-hybridized carbons (Fsp3) is 0.611. The van der Waals surface area contributed by atoms with E-state index >= 15 is 0 Å². The van der Waals surface area contributed by atoms with Crippen molar-refractivity contribution in [2.45, 2.75) is 46.1 Å². The lowest BCUT2D eigenvalue weighted by Crippen LogP contribution is -2.31. The first-order chi connectivity index (χ1) is 9.95. The minimum Gasteiger partial charge on any atom is -0.393 e. The molecule has 2 atom stereocenters. The fourth-order valence-electron chi connectivity index (χ4n) is 2.96. The van der Waals surface area contributed by atoms with E-state index < -0.39 is 0 Å². The third-order valence-electron chi connectivity index (χ3n) is 4.28. The molecule has 3 nitrogen and oxygen atoms in total. The molecule has 1 N–H and O–H groups in total. The Bertz CT molecular complexity index is 465. The third-order valence-corrected chi connectivity index (χ3v) is 4.28. The number of nitrogens with zero attached hydrogens (tertiary/aromatic N) is 1. The van der Waals surface area contributed by atoms with Gasteiger partial charge in [-0.3, -0.25) is 4.79 Å². The molecular weight excluding hydrogens is 262 g/mol. The average molecular weight is 289 g/mol. The van der Waals surface area contributed by atoms with Crippen molar-refractivity contribution in [2.75, 3.05) is 13.1 Å². The Morgan fingerprint density at radius 3 is 2.38 bits per heavy atom. The topological polar surface area (TPSA) is 40.5 Å². The van der Waals surface area contributed by atoms with Crippen molar-refractivity contribution >= 4 is 5.91 Å². The smallest absolute Gasteiger partial charge is 0.227 e. The molecule has 2 unspecified atom stereocenters. The molecule has 0 bridgehead atoms. The summed E-state index contributed by atoms with van der Waals surface area (Å²) >= 11 is 0. The lowest BCUT2D eigenvalue weighted by molar-refractivity contribution is -0.129. The van der Waals surface area contributed by atoms with E-state index in [9.17, 15) is 9.90 Å². The van der Waals surface area contributed by atoms with Crippen LogP contribution in [-0.2, 0) is 17.6 Å². The van der Waals surface area contributed by atoms with Crippen LogP contribution >= 0.6 is 0 Å². The van der Waals surface area contributed by atoms with Gasteiger partial charge in [-0.15, -0.1) is 0 Å². The van der Waals surface area contributed by atoms with E-state index in [1.165, 1.54) is 5.56 Å². The van der Waals surface area contributed by atoms with E-state index in [0.717, 1.165) is 24.9 Å². The van der Waals surface area contributed by atoms with Gasteiger partial charge >= 0.3 is 0 Å². The summed E-state index contributed by atoms with van der Waals surface area (Å²) in [6, 6.07) is 8.39. The molecule has 21 heavy (non-hydrogen) atoms. The fourth-order valence-corrected chi connectivity index (χ4v) is 2.96. The molecule has 1 aromatic carbocycles. The first-order valence-electron chi connectivity index (χ1n) is 7.99. The van der Waals surface area contributed by atoms with Crippen LogP contribution < -0.4 is 0 Å². The Morgan fingerprint density at radius 1 is 1.24 bits per heavy atom. The van der Waals surface area contributed by atoms with E-state index in [4.69, 9.17) is 0 Å². The molecule has 1 aromatic rings. The molecule has 116 valence electrons. The van der Waals surface area contributed by atoms with Gasteiger partial charge in [0, 0.05) is 19.0 Å². The summed E-state index contributed by atoms with van der Waals surface area (Å²) < 4.78 is 0. The summed E-state index contributed by atoms with van der Waals surface area (Å²) in [5.41, 5.74) is 2.41. The zero-order chi connectivity index (χ0) is 15.4.